The highest BCUT2D eigenvalue weighted by Gasteiger charge is 1.96. The topological polar surface area (TPSA) is 54.0 Å². The first-order chi connectivity index (χ1) is 10.2. The smallest absolute Gasteiger partial charge is 0.330 e. The number of carbonyl (C=O) groups is 1. The number of aryl methyl sites for hydroxylation is 1. The van der Waals surface area contributed by atoms with Gasteiger partial charge in [0.25, 0.3) is 0 Å². The first kappa shape index (κ1) is 17.2. The first-order valence-corrected chi connectivity index (χ1v) is 6.86. The number of esters is 1. The van der Waals surface area contributed by atoms with Crippen molar-refractivity contribution in [2.24, 2.45) is 0 Å². The van der Waals surface area contributed by atoms with Gasteiger partial charge in [0, 0.05) is 6.08 Å². The summed E-state index contributed by atoms with van der Waals surface area (Å²) in [7, 11) is 0. The van der Waals surface area contributed by atoms with Crippen molar-refractivity contribution in [3.05, 3.63) is 42.5 Å². The van der Waals surface area contributed by atoms with E-state index in [9.17, 15) is 4.79 Å². The van der Waals surface area contributed by atoms with Crippen LogP contribution in [0.15, 0.2) is 36.9 Å². The van der Waals surface area contributed by atoms with E-state index in [0.29, 0.717) is 33.0 Å². The number of benzene rings is 1. The lowest BCUT2D eigenvalue weighted by molar-refractivity contribution is -0.139. The summed E-state index contributed by atoms with van der Waals surface area (Å²) in [5.41, 5.74) is 1.20. The third-order valence-electron chi connectivity index (χ3n) is 2.53. The molecule has 5 nitrogen and oxygen atoms in total. The Morgan fingerprint density at radius 3 is 2.19 bits per heavy atom. The number of rotatable bonds is 11. The zero-order chi connectivity index (χ0) is 15.3. The van der Waals surface area contributed by atoms with E-state index in [1.54, 1.807) is 0 Å². The molecule has 0 aliphatic carbocycles. The van der Waals surface area contributed by atoms with Crippen molar-refractivity contribution in [2.45, 2.75) is 6.92 Å². The Bertz CT molecular complexity index is 413. The lowest BCUT2D eigenvalue weighted by atomic mass is 10.2. The van der Waals surface area contributed by atoms with Gasteiger partial charge in [0.1, 0.15) is 19.0 Å². The molecule has 116 valence electrons. The highest BCUT2D eigenvalue weighted by atomic mass is 16.6. The maximum atomic E-state index is 10.7. The molecule has 0 aromatic heterocycles. The molecule has 1 rings (SSSR count). The molecule has 0 aliphatic heterocycles. The van der Waals surface area contributed by atoms with E-state index in [-0.39, 0.29) is 6.61 Å². The standard InChI is InChI=1S/C16H22O5/c1-3-16(17)21-13-11-19-9-8-18-10-12-20-15-6-4-14(2)5-7-15/h3-7H,1,8-13H2,2H3. The summed E-state index contributed by atoms with van der Waals surface area (Å²) in [6, 6.07) is 7.87. The van der Waals surface area contributed by atoms with E-state index in [1.165, 1.54) is 5.56 Å². The van der Waals surface area contributed by atoms with Gasteiger partial charge in [-0.3, -0.25) is 0 Å². The van der Waals surface area contributed by atoms with Crippen LogP contribution in [0.3, 0.4) is 0 Å². The van der Waals surface area contributed by atoms with Crippen LogP contribution in [0.4, 0.5) is 0 Å². The lowest BCUT2D eigenvalue weighted by Crippen LogP contribution is -2.13. The minimum Gasteiger partial charge on any atom is -0.491 e. The Hall–Kier alpha value is -1.85. The Morgan fingerprint density at radius 2 is 1.57 bits per heavy atom. The quantitative estimate of drug-likeness (QED) is 0.355. The van der Waals surface area contributed by atoms with Gasteiger partial charge in [-0.15, -0.1) is 0 Å². The van der Waals surface area contributed by atoms with Crippen LogP contribution < -0.4 is 4.74 Å². The summed E-state index contributed by atoms with van der Waals surface area (Å²) in [6.07, 6.45) is 1.12. The van der Waals surface area contributed by atoms with E-state index in [0.717, 1.165) is 11.8 Å². The monoisotopic (exact) mass is 294 g/mol. The van der Waals surface area contributed by atoms with E-state index in [2.05, 4.69) is 6.58 Å². The van der Waals surface area contributed by atoms with Crippen LogP contribution in [0, 0.1) is 6.92 Å². The Morgan fingerprint density at radius 1 is 1.00 bits per heavy atom. The molecule has 0 atom stereocenters. The highest BCUT2D eigenvalue weighted by molar-refractivity contribution is 5.81. The van der Waals surface area contributed by atoms with E-state index in [4.69, 9.17) is 18.9 Å². The number of ether oxygens (including phenoxy) is 4. The van der Waals surface area contributed by atoms with Gasteiger partial charge in [-0.2, -0.15) is 0 Å². The molecule has 0 saturated heterocycles. The van der Waals surface area contributed by atoms with Gasteiger partial charge in [-0.05, 0) is 19.1 Å². The van der Waals surface area contributed by atoms with E-state index < -0.39 is 5.97 Å². The molecule has 0 saturated carbocycles. The Kier molecular flexibility index (Phi) is 8.91. The maximum Gasteiger partial charge on any atom is 0.330 e. The largest absolute Gasteiger partial charge is 0.491 e. The molecular formula is C16H22O5. The molecule has 1 aromatic rings. The fourth-order valence-corrected chi connectivity index (χ4v) is 1.44. The van der Waals surface area contributed by atoms with Gasteiger partial charge in [0.05, 0.1) is 26.4 Å². The van der Waals surface area contributed by atoms with Crippen LogP contribution in [0.25, 0.3) is 0 Å². The van der Waals surface area contributed by atoms with Gasteiger partial charge in [-0.25, -0.2) is 4.79 Å². The fourth-order valence-electron chi connectivity index (χ4n) is 1.44. The second-order valence-electron chi connectivity index (χ2n) is 4.26. The highest BCUT2D eigenvalue weighted by Crippen LogP contribution is 2.10. The number of hydrogen-bond acceptors (Lipinski definition) is 5. The van der Waals surface area contributed by atoms with Crippen LogP contribution in [-0.4, -0.2) is 45.6 Å². The van der Waals surface area contributed by atoms with Crippen LogP contribution in [0.1, 0.15) is 5.56 Å². The fraction of sp³-hybridized carbons (Fsp3) is 0.438. The van der Waals surface area contributed by atoms with Gasteiger partial charge in [-0.1, -0.05) is 24.3 Å². The average Bonchev–Trinajstić information content (AvgIpc) is 2.50. The van der Waals surface area contributed by atoms with Gasteiger partial charge >= 0.3 is 5.97 Å². The third-order valence-corrected chi connectivity index (χ3v) is 2.53. The summed E-state index contributed by atoms with van der Waals surface area (Å²) in [5, 5.41) is 0. The minimum atomic E-state index is -0.442. The second-order valence-corrected chi connectivity index (χ2v) is 4.26. The van der Waals surface area contributed by atoms with Crippen molar-refractivity contribution in [1.29, 1.82) is 0 Å². The molecule has 0 bridgehead atoms. The van der Waals surface area contributed by atoms with Crippen LogP contribution >= 0.6 is 0 Å². The van der Waals surface area contributed by atoms with Crippen molar-refractivity contribution in [1.82, 2.24) is 0 Å². The predicted molar refractivity (Wildman–Crippen MR) is 79.5 cm³/mol. The third kappa shape index (κ3) is 8.83. The van der Waals surface area contributed by atoms with Gasteiger partial charge in [0.2, 0.25) is 0 Å². The van der Waals surface area contributed by atoms with Crippen molar-refractivity contribution in [3.8, 4) is 5.75 Å². The van der Waals surface area contributed by atoms with Crippen LogP contribution in [-0.2, 0) is 19.0 Å². The predicted octanol–water partition coefficient (Wildman–Crippen LogP) is 2.14. The summed E-state index contributed by atoms with van der Waals surface area (Å²) >= 11 is 0. The first-order valence-electron chi connectivity index (χ1n) is 6.86. The van der Waals surface area contributed by atoms with E-state index in [1.807, 2.05) is 31.2 Å². The molecule has 0 fully saturated rings. The van der Waals surface area contributed by atoms with E-state index >= 15 is 0 Å². The van der Waals surface area contributed by atoms with Crippen LogP contribution in [0.2, 0.25) is 0 Å². The zero-order valence-electron chi connectivity index (χ0n) is 12.4. The molecule has 0 aliphatic rings. The molecule has 1 aromatic carbocycles. The molecule has 0 heterocycles. The normalized spacial score (nSPS) is 10.1. The summed E-state index contributed by atoms with van der Waals surface area (Å²) in [4.78, 5) is 10.7. The lowest BCUT2D eigenvalue weighted by Gasteiger charge is -2.08. The second kappa shape index (κ2) is 10.9. The minimum absolute atomic E-state index is 0.224. The van der Waals surface area contributed by atoms with Crippen molar-refractivity contribution < 1.29 is 23.7 Å². The zero-order valence-corrected chi connectivity index (χ0v) is 12.4. The SMILES string of the molecule is C=CC(=O)OCCOCCOCCOc1ccc(C)cc1. The Balaban J connectivity index is 1.87. The van der Waals surface area contributed by atoms with Gasteiger partial charge < -0.3 is 18.9 Å². The van der Waals surface area contributed by atoms with Crippen LogP contribution in [0.5, 0.6) is 5.75 Å². The van der Waals surface area contributed by atoms with Crippen molar-refractivity contribution in [2.75, 3.05) is 39.6 Å². The molecule has 0 amide bonds. The Labute approximate surface area is 125 Å². The molecule has 0 unspecified atom stereocenters. The molecular weight excluding hydrogens is 272 g/mol. The molecule has 0 spiro atoms. The number of carbonyl (C=O) groups excluding carboxylic acids is 1. The average molecular weight is 294 g/mol. The molecule has 5 heteroatoms. The summed E-state index contributed by atoms with van der Waals surface area (Å²) in [6.45, 7) is 7.84. The molecule has 0 N–H and O–H groups in total. The maximum absolute atomic E-state index is 10.7. The molecule has 21 heavy (non-hydrogen) atoms. The number of hydrogen-bond donors (Lipinski definition) is 0. The van der Waals surface area contributed by atoms with Gasteiger partial charge in [0.15, 0.2) is 0 Å². The summed E-state index contributed by atoms with van der Waals surface area (Å²) in [5.74, 6) is 0.396. The molecule has 0 radical (unpaired) electrons. The van der Waals surface area contributed by atoms with Crippen molar-refractivity contribution in [3.63, 3.8) is 0 Å². The summed E-state index contributed by atoms with van der Waals surface area (Å²) < 4.78 is 20.8. The van der Waals surface area contributed by atoms with Crippen molar-refractivity contribution >= 4 is 5.97 Å².